The predicted octanol–water partition coefficient (Wildman–Crippen LogP) is 4.55. The van der Waals surface area contributed by atoms with Gasteiger partial charge in [-0.2, -0.15) is 0 Å². The van der Waals surface area contributed by atoms with Crippen molar-refractivity contribution in [3.8, 4) is 0 Å². The molecule has 2 atom stereocenters. The van der Waals surface area contributed by atoms with Gasteiger partial charge in [-0.15, -0.1) is 0 Å². The Kier molecular flexibility index (Phi) is 3.89. The predicted molar refractivity (Wildman–Crippen MR) is 100 cm³/mol. The highest BCUT2D eigenvalue weighted by Crippen LogP contribution is 2.68. The first-order valence-electron chi connectivity index (χ1n) is 9.26. The van der Waals surface area contributed by atoms with E-state index in [2.05, 4.69) is 70.2 Å². The van der Waals surface area contributed by atoms with Crippen molar-refractivity contribution in [2.24, 2.45) is 5.92 Å². The fourth-order valence-electron chi connectivity index (χ4n) is 3.66. The first-order chi connectivity index (χ1) is 11.8. The van der Waals surface area contributed by atoms with Crippen molar-refractivity contribution >= 4 is 7.12 Å². The number of fused-ring (bicyclic) bond motifs is 1. The summed E-state index contributed by atoms with van der Waals surface area (Å²) in [6, 6.07) is 10.5. The van der Waals surface area contributed by atoms with Crippen LogP contribution in [-0.2, 0) is 20.5 Å². The molecule has 3 nitrogen and oxygen atoms in total. The molecule has 1 aliphatic heterocycles. The maximum absolute atomic E-state index is 6.28. The topological polar surface area (TPSA) is 27.7 Å². The van der Waals surface area contributed by atoms with Crippen LogP contribution in [0.5, 0.6) is 0 Å². The van der Waals surface area contributed by atoms with Gasteiger partial charge >= 0.3 is 7.12 Å². The molecule has 0 amide bonds. The van der Waals surface area contributed by atoms with E-state index in [0.717, 1.165) is 18.6 Å². The standard InChI is InChI=1S/C21H27BO3/c1-19(2)20(3,4)25-22(24-19)21-12-10-18(14-17(21)15-21)23-13-11-16-8-6-5-7-9-16/h5-10,12,14,17H,11,13,15H2,1-4H3. The number of hydrogen-bond acceptors (Lipinski definition) is 3. The summed E-state index contributed by atoms with van der Waals surface area (Å²) in [7, 11) is -0.166. The number of benzene rings is 1. The second kappa shape index (κ2) is 5.75. The van der Waals surface area contributed by atoms with Gasteiger partial charge in [0.15, 0.2) is 0 Å². The third kappa shape index (κ3) is 2.96. The first-order valence-corrected chi connectivity index (χ1v) is 9.26. The van der Waals surface area contributed by atoms with Crippen LogP contribution in [0, 0.1) is 5.92 Å². The lowest BCUT2D eigenvalue weighted by atomic mass is 9.65. The largest absolute Gasteiger partial charge is 0.494 e. The Morgan fingerprint density at radius 1 is 1.08 bits per heavy atom. The second-order valence-electron chi connectivity index (χ2n) is 8.50. The van der Waals surface area contributed by atoms with Crippen LogP contribution in [0.4, 0.5) is 0 Å². The Labute approximate surface area is 151 Å². The van der Waals surface area contributed by atoms with Crippen LogP contribution in [0.15, 0.2) is 54.3 Å². The Balaban J connectivity index is 1.35. The molecule has 2 fully saturated rings. The van der Waals surface area contributed by atoms with Crippen molar-refractivity contribution < 1.29 is 14.0 Å². The van der Waals surface area contributed by atoms with Crippen LogP contribution in [0.2, 0.25) is 5.31 Å². The van der Waals surface area contributed by atoms with Gasteiger partial charge in [-0.25, -0.2) is 0 Å². The van der Waals surface area contributed by atoms with E-state index in [1.807, 2.05) is 6.07 Å². The van der Waals surface area contributed by atoms with Gasteiger partial charge in [-0.05, 0) is 57.7 Å². The Morgan fingerprint density at radius 2 is 1.76 bits per heavy atom. The third-order valence-corrected chi connectivity index (χ3v) is 6.22. The monoisotopic (exact) mass is 338 g/mol. The normalized spacial score (nSPS) is 31.4. The minimum atomic E-state index is -0.274. The zero-order valence-electron chi connectivity index (χ0n) is 15.6. The molecule has 0 spiro atoms. The van der Waals surface area contributed by atoms with Crippen LogP contribution in [0.1, 0.15) is 39.7 Å². The van der Waals surface area contributed by atoms with Gasteiger partial charge in [-0.3, -0.25) is 0 Å². The molecule has 1 saturated heterocycles. The molecule has 132 valence electrons. The lowest BCUT2D eigenvalue weighted by Gasteiger charge is -2.32. The molecule has 1 heterocycles. The van der Waals surface area contributed by atoms with Gasteiger partial charge in [0.25, 0.3) is 0 Å². The van der Waals surface area contributed by atoms with Crippen LogP contribution >= 0.6 is 0 Å². The van der Waals surface area contributed by atoms with E-state index >= 15 is 0 Å². The van der Waals surface area contributed by atoms with Gasteiger partial charge in [-0.1, -0.05) is 36.4 Å². The minimum absolute atomic E-state index is 0.00265. The molecule has 3 aliphatic rings. The lowest BCUT2D eigenvalue weighted by molar-refractivity contribution is 0.00578. The van der Waals surface area contributed by atoms with Crippen molar-refractivity contribution in [3.63, 3.8) is 0 Å². The average molecular weight is 338 g/mol. The summed E-state index contributed by atoms with van der Waals surface area (Å²) in [5.41, 5.74) is 0.758. The summed E-state index contributed by atoms with van der Waals surface area (Å²) in [5, 5.41) is -0.00265. The van der Waals surface area contributed by atoms with Gasteiger partial charge in [0.1, 0.15) is 5.76 Å². The molecular formula is C21H27BO3. The van der Waals surface area contributed by atoms with Gasteiger partial charge in [0.05, 0.1) is 17.8 Å². The molecule has 1 saturated carbocycles. The van der Waals surface area contributed by atoms with Crippen LogP contribution in [0.25, 0.3) is 0 Å². The highest BCUT2D eigenvalue weighted by molar-refractivity contribution is 6.52. The fourth-order valence-corrected chi connectivity index (χ4v) is 3.66. The molecule has 1 aromatic carbocycles. The van der Waals surface area contributed by atoms with Crippen LogP contribution in [-0.4, -0.2) is 24.9 Å². The molecule has 0 N–H and O–H groups in total. The summed E-state index contributed by atoms with van der Waals surface area (Å²) in [4.78, 5) is 0. The van der Waals surface area contributed by atoms with E-state index in [4.69, 9.17) is 14.0 Å². The summed E-state index contributed by atoms with van der Waals surface area (Å²) >= 11 is 0. The van der Waals surface area contributed by atoms with E-state index < -0.39 is 0 Å². The lowest BCUT2D eigenvalue weighted by Crippen LogP contribution is -2.41. The summed E-state index contributed by atoms with van der Waals surface area (Å²) < 4.78 is 18.5. The maximum Gasteiger partial charge on any atom is 0.469 e. The van der Waals surface area contributed by atoms with Crippen molar-refractivity contribution in [1.82, 2.24) is 0 Å². The number of ether oxygens (including phenoxy) is 1. The van der Waals surface area contributed by atoms with E-state index in [1.165, 1.54) is 5.56 Å². The number of hydrogen-bond donors (Lipinski definition) is 0. The van der Waals surface area contributed by atoms with Crippen LogP contribution in [0.3, 0.4) is 0 Å². The summed E-state index contributed by atoms with van der Waals surface area (Å²) in [6.45, 7) is 9.16. The molecule has 0 aromatic heterocycles. The van der Waals surface area contributed by atoms with Gasteiger partial charge < -0.3 is 14.0 Å². The zero-order chi connectivity index (χ0) is 17.7. The van der Waals surface area contributed by atoms with E-state index in [1.54, 1.807) is 0 Å². The maximum atomic E-state index is 6.28. The highest BCUT2D eigenvalue weighted by Gasteiger charge is 2.68. The molecule has 25 heavy (non-hydrogen) atoms. The van der Waals surface area contributed by atoms with Crippen LogP contribution < -0.4 is 0 Å². The Hall–Kier alpha value is -1.52. The molecule has 2 unspecified atom stereocenters. The average Bonchev–Trinajstić information content (AvgIpc) is 3.24. The minimum Gasteiger partial charge on any atom is -0.494 e. The molecule has 4 heteroatoms. The van der Waals surface area contributed by atoms with E-state index in [0.29, 0.717) is 12.5 Å². The fraction of sp³-hybridized carbons (Fsp3) is 0.524. The van der Waals surface area contributed by atoms with E-state index in [-0.39, 0.29) is 23.6 Å². The van der Waals surface area contributed by atoms with Gasteiger partial charge in [0.2, 0.25) is 0 Å². The van der Waals surface area contributed by atoms with E-state index in [9.17, 15) is 0 Å². The molecule has 1 aromatic rings. The van der Waals surface area contributed by atoms with Crippen molar-refractivity contribution in [1.29, 1.82) is 0 Å². The Bertz CT molecular complexity index is 691. The summed E-state index contributed by atoms with van der Waals surface area (Å²) in [6.07, 6.45) is 8.60. The van der Waals surface area contributed by atoms with Gasteiger partial charge in [0, 0.05) is 11.7 Å². The molecule has 0 bridgehead atoms. The Morgan fingerprint density at radius 3 is 2.40 bits per heavy atom. The number of rotatable bonds is 5. The van der Waals surface area contributed by atoms with Crippen molar-refractivity contribution in [2.75, 3.05) is 6.61 Å². The zero-order valence-corrected chi connectivity index (χ0v) is 15.6. The first kappa shape index (κ1) is 16.9. The molecule has 4 rings (SSSR count). The molecular weight excluding hydrogens is 311 g/mol. The van der Waals surface area contributed by atoms with Crippen molar-refractivity contribution in [2.45, 2.75) is 57.1 Å². The molecule has 2 aliphatic carbocycles. The summed E-state index contributed by atoms with van der Waals surface area (Å²) in [5.74, 6) is 1.43. The second-order valence-corrected chi connectivity index (χ2v) is 8.50. The quantitative estimate of drug-likeness (QED) is 0.737. The molecule has 0 radical (unpaired) electrons. The highest BCUT2D eigenvalue weighted by atomic mass is 16.7. The SMILES string of the molecule is CC1(C)OB(C23C=CC(OCCc4ccccc4)=CC2C3)OC1(C)C. The van der Waals surface area contributed by atoms with Crippen molar-refractivity contribution in [3.05, 3.63) is 59.9 Å². The smallest absolute Gasteiger partial charge is 0.469 e. The number of allylic oxidation sites excluding steroid dienone is 3. The third-order valence-electron chi connectivity index (χ3n) is 6.22.